The van der Waals surface area contributed by atoms with Gasteiger partial charge in [-0.3, -0.25) is 0 Å². The molecule has 0 saturated carbocycles. The average molecular weight is 344 g/mol. The molecule has 23 heavy (non-hydrogen) atoms. The van der Waals surface area contributed by atoms with Crippen molar-refractivity contribution in [1.29, 1.82) is 0 Å². The molecular weight excluding hydrogens is 332 g/mol. The van der Waals surface area contributed by atoms with Crippen molar-refractivity contribution in [2.45, 2.75) is 0 Å². The predicted molar refractivity (Wildman–Crippen MR) is 82.9 cm³/mol. The van der Waals surface area contributed by atoms with E-state index in [0.29, 0.717) is 0 Å². The third-order valence-corrected chi connectivity index (χ3v) is 2.70. The molecule has 9 heteroatoms. The van der Waals surface area contributed by atoms with Gasteiger partial charge in [0.2, 0.25) is 0 Å². The van der Waals surface area contributed by atoms with E-state index in [9.17, 15) is 19.8 Å². The second-order valence-electron chi connectivity index (χ2n) is 4.21. The molecule has 0 aliphatic rings. The van der Waals surface area contributed by atoms with Gasteiger partial charge in [0.25, 0.3) is 0 Å². The van der Waals surface area contributed by atoms with Gasteiger partial charge >= 0.3 is 49.7 Å². The predicted octanol–water partition coefficient (Wildman–Crippen LogP) is 1.99. The number of hydrogen-bond acceptors (Lipinski definition) is 6. The number of rotatable bonds is 4. The summed E-state index contributed by atoms with van der Waals surface area (Å²) < 4.78 is 0. The fourth-order valence-electron chi connectivity index (χ4n) is 1.63. The Kier molecular flexibility index (Phi) is 6.49. The molecule has 2 rings (SSSR count). The number of hydrogen-bond donors (Lipinski definition) is 4. The quantitative estimate of drug-likeness (QED) is 0.494. The number of carbonyl (C=O) groups is 2. The molecule has 0 bridgehead atoms. The fourth-order valence-corrected chi connectivity index (χ4v) is 1.63. The molecule has 0 saturated heterocycles. The van der Waals surface area contributed by atoms with Gasteiger partial charge in [-0.2, -0.15) is 10.2 Å². The van der Waals surface area contributed by atoms with E-state index in [0.717, 1.165) is 24.3 Å². The first-order valence-corrected chi connectivity index (χ1v) is 5.93. The molecule has 0 fully saturated rings. The Hall–Kier alpha value is -2.16. The Morgan fingerprint density at radius 2 is 1.09 bits per heavy atom. The summed E-state index contributed by atoms with van der Waals surface area (Å²) in [5.74, 6) is -3.42. The maximum atomic E-state index is 10.9. The third kappa shape index (κ3) is 4.65. The molecule has 0 radical (unpaired) electrons. The van der Waals surface area contributed by atoms with Gasteiger partial charge in [-0.25, -0.2) is 9.59 Å². The molecule has 0 unspecified atom stereocenters. The van der Waals surface area contributed by atoms with Gasteiger partial charge in [0, 0.05) is 0 Å². The molecule has 8 nitrogen and oxygen atoms in total. The van der Waals surface area contributed by atoms with Crippen molar-refractivity contribution >= 4 is 61.1 Å². The maximum absolute atomic E-state index is 10.9. The first kappa shape index (κ1) is 18.9. The second kappa shape index (κ2) is 7.91. The number of azo groups is 1. The van der Waals surface area contributed by atoms with Crippen LogP contribution in [0.4, 0.5) is 11.4 Å². The van der Waals surface area contributed by atoms with E-state index in [1.165, 1.54) is 12.1 Å². The normalized spacial score (nSPS) is 10.3. The minimum atomic E-state index is -1.31. The van der Waals surface area contributed by atoms with Crippen LogP contribution in [0, 0.1) is 0 Å². The molecule has 2 aromatic carbocycles. The van der Waals surface area contributed by atoms with Crippen LogP contribution in [0.1, 0.15) is 20.7 Å². The summed E-state index contributed by atoms with van der Waals surface area (Å²) in [5, 5.41) is 44.0. The van der Waals surface area contributed by atoms with Crippen LogP contribution in [0.15, 0.2) is 46.6 Å². The Bertz CT molecular complexity index is 725. The molecule has 0 heterocycles. The van der Waals surface area contributed by atoms with E-state index in [1.54, 1.807) is 0 Å². The van der Waals surface area contributed by atoms with Gasteiger partial charge < -0.3 is 20.4 Å². The molecule has 116 valence electrons. The van der Waals surface area contributed by atoms with Crippen LogP contribution in [0.5, 0.6) is 11.5 Å². The standard InChI is InChI=1S/C14H10N2O6.Ca.2H/c17-11-3-1-7(5-9(11)13(19)20)15-16-8-2-4-12(18)10(6-8)14(21)22;;;/h1-6,17-18H,(H,19,20)(H,21,22);;;. The van der Waals surface area contributed by atoms with Crippen LogP contribution in [0.2, 0.25) is 0 Å². The number of phenols is 2. The van der Waals surface area contributed by atoms with E-state index in [2.05, 4.69) is 10.2 Å². The fraction of sp³-hybridized carbons (Fsp3) is 0. The van der Waals surface area contributed by atoms with Gasteiger partial charge in [-0.05, 0) is 36.4 Å². The summed E-state index contributed by atoms with van der Waals surface area (Å²) in [6.07, 6.45) is 0. The minimum absolute atomic E-state index is 0. The SMILES string of the molecule is O=C(O)c1cc(N=Nc2ccc(O)c(C(=O)O)c2)ccc1O.[CaH2]. The summed E-state index contributed by atoms with van der Waals surface area (Å²) in [6, 6.07) is 7.28. The summed E-state index contributed by atoms with van der Waals surface area (Å²) in [7, 11) is 0. The molecular formula is C14H12CaN2O6. The Morgan fingerprint density at radius 3 is 1.39 bits per heavy atom. The van der Waals surface area contributed by atoms with Crippen molar-refractivity contribution in [1.82, 2.24) is 0 Å². The van der Waals surface area contributed by atoms with E-state index in [1.807, 2.05) is 0 Å². The Balaban J connectivity index is 0.00000264. The number of nitrogens with zero attached hydrogens (tertiary/aromatic N) is 2. The molecule has 0 aliphatic carbocycles. The van der Waals surface area contributed by atoms with E-state index >= 15 is 0 Å². The van der Waals surface area contributed by atoms with Crippen molar-refractivity contribution < 1.29 is 30.0 Å². The number of benzene rings is 2. The van der Waals surface area contributed by atoms with Gasteiger partial charge in [-0.1, -0.05) is 0 Å². The number of aromatic hydroxyl groups is 2. The Labute approximate surface area is 159 Å². The monoisotopic (exact) mass is 344 g/mol. The molecule has 0 aromatic heterocycles. The van der Waals surface area contributed by atoms with Crippen LogP contribution >= 0.6 is 0 Å². The molecule has 0 spiro atoms. The molecule has 4 N–H and O–H groups in total. The van der Waals surface area contributed by atoms with E-state index < -0.39 is 23.4 Å². The molecule has 2 aromatic rings. The summed E-state index contributed by atoms with van der Waals surface area (Å²) in [4.78, 5) is 21.8. The number of aromatic carboxylic acids is 2. The summed E-state index contributed by atoms with van der Waals surface area (Å²) in [6.45, 7) is 0. The Morgan fingerprint density at radius 1 is 0.739 bits per heavy atom. The summed E-state index contributed by atoms with van der Waals surface area (Å²) in [5.41, 5.74) is -0.318. The van der Waals surface area contributed by atoms with Crippen LogP contribution in [0.3, 0.4) is 0 Å². The van der Waals surface area contributed by atoms with Crippen molar-refractivity contribution in [2.75, 3.05) is 0 Å². The number of carboxylic acid groups (broad SMARTS) is 2. The van der Waals surface area contributed by atoms with Crippen LogP contribution in [-0.4, -0.2) is 70.1 Å². The van der Waals surface area contributed by atoms with E-state index in [-0.39, 0.29) is 60.2 Å². The average Bonchev–Trinajstić information content (AvgIpc) is 2.47. The number of carboxylic acids is 2. The zero-order chi connectivity index (χ0) is 16.3. The summed E-state index contributed by atoms with van der Waals surface area (Å²) >= 11 is 0. The molecule has 0 aliphatic heterocycles. The topological polar surface area (TPSA) is 140 Å². The zero-order valence-electron chi connectivity index (χ0n) is 11.0. The first-order valence-electron chi connectivity index (χ1n) is 5.93. The van der Waals surface area contributed by atoms with Crippen LogP contribution < -0.4 is 0 Å². The second-order valence-corrected chi connectivity index (χ2v) is 4.21. The zero-order valence-corrected chi connectivity index (χ0v) is 11.0. The van der Waals surface area contributed by atoms with Crippen molar-refractivity contribution in [3.8, 4) is 11.5 Å². The van der Waals surface area contributed by atoms with Crippen molar-refractivity contribution in [3.63, 3.8) is 0 Å². The van der Waals surface area contributed by atoms with Crippen molar-refractivity contribution in [2.24, 2.45) is 10.2 Å². The van der Waals surface area contributed by atoms with Gasteiger partial charge in [0.05, 0.1) is 11.4 Å². The van der Waals surface area contributed by atoms with Crippen LogP contribution in [0.25, 0.3) is 0 Å². The first-order chi connectivity index (χ1) is 10.4. The molecule has 0 atom stereocenters. The van der Waals surface area contributed by atoms with E-state index in [4.69, 9.17) is 10.2 Å². The third-order valence-electron chi connectivity index (χ3n) is 2.70. The van der Waals surface area contributed by atoms with Gasteiger partial charge in [-0.15, -0.1) is 0 Å². The van der Waals surface area contributed by atoms with Crippen molar-refractivity contribution in [3.05, 3.63) is 47.5 Å². The van der Waals surface area contributed by atoms with Gasteiger partial charge in [0.15, 0.2) is 0 Å². The van der Waals surface area contributed by atoms with Gasteiger partial charge in [0.1, 0.15) is 22.6 Å². The van der Waals surface area contributed by atoms with Crippen LogP contribution in [-0.2, 0) is 0 Å². The molecule has 0 amide bonds.